The van der Waals surface area contributed by atoms with Gasteiger partial charge in [0.1, 0.15) is 4.91 Å². The topological polar surface area (TPSA) is 105 Å². The molecule has 1 N–H and O–H groups in total. The Morgan fingerprint density at radius 2 is 1.84 bits per heavy atom. The van der Waals surface area contributed by atoms with Crippen LogP contribution in [-0.4, -0.2) is 85.9 Å². The normalized spacial score (nSPS) is 18.8. The second-order valence-electron chi connectivity index (χ2n) is 11.6. The van der Waals surface area contributed by atoms with Crippen LogP contribution in [0.2, 0.25) is 0 Å². The van der Waals surface area contributed by atoms with Crippen molar-refractivity contribution in [3.8, 4) is 6.07 Å². The summed E-state index contributed by atoms with van der Waals surface area (Å²) in [6, 6.07) is 21.6. The standard InChI is InChI=1S/C35H34F3N7O3S2/c1-3-40-26-11-9-24(21-39)19-27(26)41-34-45(22-23-7-5-4-6-8-23)31(46)30(50-34)32-42(2)28-12-10-25(20-29(28)49-32)44(33(47)35(36,37)38)14-13-43-15-17-48-18-16-43/h4-12,19-20,40H,3,13-18,22H2,1-2H3. The number of thioether (sulfide) groups is 2. The minimum Gasteiger partial charge on any atom is -0.384 e. The largest absolute Gasteiger partial charge is 0.471 e. The highest BCUT2D eigenvalue weighted by Crippen LogP contribution is 2.51. The Labute approximate surface area is 296 Å². The van der Waals surface area contributed by atoms with Crippen molar-refractivity contribution >= 4 is 63.3 Å². The van der Waals surface area contributed by atoms with E-state index in [1.165, 1.54) is 29.6 Å². The number of ether oxygens (including phenoxy) is 1. The average molecular weight is 722 g/mol. The molecule has 2 fully saturated rings. The van der Waals surface area contributed by atoms with Gasteiger partial charge >= 0.3 is 12.1 Å². The molecule has 3 aliphatic rings. The number of amides is 2. The van der Waals surface area contributed by atoms with Gasteiger partial charge in [-0.1, -0.05) is 42.1 Å². The zero-order valence-corrected chi connectivity index (χ0v) is 29.0. The minimum absolute atomic E-state index is 0.123. The van der Waals surface area contributed by atoms with E-state index in [0.717, 1.165) is 10.5 Å². The highest BCUT2D eigenvalue weighted by atomic mass is 32.2. The van der Waals surface area contributed by atoms with E-state index >= 15 is 0 Å². The highest BCUT2D eigenvalue weighted by molar-refractivity contribution is 8.19. The van der Waals surface area contributed by atoms with E-state index in [-0.39, 0.29) is 31.2 Å². The molecule has 0 aliphatic carbocycles. The lowest BCUT2D eigenvalue weighted by atomic mass is 10.2. The fourth-order valence-electron chi connectivity index (χ4n) is 5.74. The van der Waals surface area contributed by atoms with Gasteiger partial charge in [-0.2, -0.15) is 18.4 Å². The van der Waals surface area contributed by atoms with Crippen LogP contribution in [0.1, 0.15) is 18.1 Å². The summed E-state index contributed by atoms with van der Waals surface area (Å²) in [5.41, 5.74) is 3.36. The van der Waals surface area contributed by atoms with Crippen molar-refractivity contribution in [3.05, 3.63) is 87.8 Å². The molecular formula is C35H34F3N7O3S2. The summed E-state index contributed by atoms with van der Waals surface area (Å²) in [6.07, 6.45) is -5.05. The molecule has 0 bridgehead atoms. The number of hydrogen-bond acceptors (Lipinski definition) is 10. The van der Waals surface area contributed by atoms with E-state index in [9.17, 15) is 28.0 Å². The van der Waals surface area contributed by atoms with E-state index in [1.807, 2.05) is 47.1 Å². The number of carbonyl (C=O) groups is 2. The number of alkyl halides is 3. The molecule has 3 aliphatic heterocycles. The molecule has 15 heteroatoms. The molecule has 2 saturated heterocycles. The Bertz CT molecular complexity index is 1880. The van der Waals surface area contributed by atoms with Crippen LogP contribution in [-0.2, 0) is 20.9 Å². The summed E-state index contributed by atoms with van der Waals surface area (Å²) < 4.78 is 46.7. The summed E-state index contributed by atoms with van der Waals surface area (Å²) in [6.45, 7) is 5.08. The van der Waals surface area contributed by atoms with Crippen molar-refractivity contribution in [3.63, 3.8) is 0 Å². The monoisotopic (exact) mass is 721 g/mol. The van der Waals surface area contributed by atoms with Crippen LogP contribution in [0.5, 0.6) is 0 Å². The molecule has 6 rings (SSSR count). The van der Waals surface area contributed by atoms with E-state index in [1.54, 1.807) is 42.3 Å². The Hall–Kier alpha value is -4.49. The maximum Gasteiger partial charge on any atom is 0.471 e. The van der Waals surface area contributed by atoms with Gasteiger partial charge < -0.3 is 19.9 Å². The number of morpholine rings is 1. The van der Waals surface area contributed by atoms with Crippen molar-refractivity contribution in [2.75, 3.05) is 68.1 Å². The van der Waals surface area contributed by atoms with Crippen LogP contribution in [0, 0.1) is 11.3 Å². The second kappa shape index (κ2) is 15.2. The Morgan fingerprint density at radius 1 is 1.08 bits per heavy atom. The van der Waals surface area contributed by atoms with Crippen LogP contribution < -0.4 is 15.1 Å². The summed E-state index contributed by atoms with van der Waals surface area (Å²) >= 11 is 2.46. The number of halogens is 3. The zero-order chi connectivity index (χ0) is 35.4. The van der Waals surface area contributed by atoms with Crippen LogP contribution in [0.25, 0.3) is 0 Å². The number of aliphatic imine (C=N–C) groups is 1. The third-order valence-corrected chi connectivity index (χ3v) is 10.7. The molecule has 0 aromatic heterocycles. The summed E-state index contributed by atoms with van der Waals surface area (Å²) in [7, 11) is 1.79. The van der Waals surface area contributed by atoms with E-state index in [0.29, 0.717) is 75.5 Å². The second-order valence-corrected chi connectivity index (χ2v) is 13.6. The number of hydrogen-bond donors (Lipinski definition) is 1. The first-order chi connectivity index (χ1) is 24.1. The van der Waals surface area contributed by atoms with Gasteiger partial charge in [-0.15, -0.1) is 0 Å². The molecule has 2 amide bonds. The van der Waals surface area contributed by atoms with Crippen molar-refractivity contribution in [2.45, 2.75) is 24.5 Å². The molecule has 3 aromatic rings. The molecular weight excluding hydrogens is 688 g/mol. The fourth-order valence-corrected chi connectivity index (χ4v) is 8.11. The fraction of sp³-hybridized carbons (Fsp3) is 0.314. The zero-order valence-electron chi connectivity index (χ0n) is 27.4. The van der Waals surface area contributed by atoms with E-state index < -0.39 is 12.1 Å². The number of nitriles is 1. The number of fused-ring (bicyclic) bond motifs is 1. The number of rotatable bonds is 9. The first-order valence-corrected chi connectivity index (χ1v) is 17.6. The van der Waals surface area contributed by atoms with E-state index in [4.69, 9.17) is 9.73 Å². The summed E-state index contributed by atoms with van der Waals surface area (Å²) in [4.78, 5) is 38.9. The van der Waals surface area contributed by atoms with Crippen LogP contribution in [0.15, 0.2) is 86.6 Å². The average Bonchev–Trinajstić information content (AvgIpc) is 3.60. The molecule has 0 spiro atoms. The SMILES string of the molecule is CCNc1ccc(C#N)cc1N=C1SC(=C2Sc3cc(N(CCN4CCOCC4)C(=O)C(F)(F)F)ccc3N2C)C(=O)N1Cc1ccccc1. The van der Waals surface area contributed by atoms with Crippen LogP contribution in [0.4, 0.5) is 35.9 Å². The lowest BCUT2D eigenvalue weighted by Crippen LogP contribution is -2.47. The van der Waals surface area contributed by atoms with Gasteiger partial charge in [0.15, 0.2) is 5.17 Å². The molecule has 3 aromatic carbocycles. The highest BCUT2D eigenvalue weighted by Gasteiger charge is 2.44. The Morgan fingerprint density at radius 3 is 2.54 bits per heavy atom. The van der Waals surface area contributed by atoms with Gasteiger partial charge in [-0.3, -0.25) is 19.4 Å². The third kappa shape index (κ3) is 7.63. The van der Waals surface area contributed by atoms with Crippen LogP contribution in [0.3, 0.4) is 0 Å². The predicted molar refractivity (Wildman–Crippen MR) is 190 cm³/mol. The molecule has 260 valence electrons. The number of anilines is 3. The predicted octanol–water partition coefficient (Wildman–Crippen LogP) is 6.39. The molecule has 3 heterocycles. The minimum atomic E-state index is -5.05. The smallest absolute Gasteiger partial charge is 0.384 e. The number of benzene rings is 3. The Balaban J connectivity index is 1.34. The summed E-state index contributed by atoms with van der Waals surface area (Å²) in [5.74, 6) is -2.21. The first-order valence-electron chi connectivity index (χ1n) is 16.0. The lowest BCUT2D eigenvalue weighted by Gasteiger charge is -2.30. The Kier molecular flexibility index (Phi) is 10.7. The number of nitrogens with one attached hydrogen (secondary N) is 1. The lowest BCUT2D eigenvalue weighted by molar-refractivity contribution is -0.170. The van der Waals surface area contributed by atoms with Crippen molar-refractivity contribution in [2.24, 2.45) is 4.99 Å². The molecule has 0 unspecified atom stereocenters. The van der Waals surface area contributed by atoms with Gasteiger partial charge in [0.25, 0.3) is 5.91 Å². The number of carbonyl (C=O) groups excluding carboxylic acids is 2. The third-order valence-electron chi connectivity index (χ3n) is 8.31. The van der Waals surface area contributed by atoms with Crippen molar-refractivity contribution < 1.29 is 27.5 Å². The van der Waals surface area contributed by atoms with Crippen molar-refractivity contribution in [1.82, 2.24) is 9.80 Å². The van der Waals surface area contributed by atoms with Crippen molar-refractivity contribution in [1.29, 1.82) is 5.26 Å². The van der Waals surface area contributed by atoms with Crippen LogP contribution >= 0.6 is 23.5 Å². The van der Waals surface area contributed by atoms with Gasteiger partial charge in [-0.05, 0) is 60.6 Å². The number of nitrogens with zero attached hydrogens (tertiary/aromatic N) is 6. The first kappa shape index (κ1) is 35.3. The maximum atomic E-state index is 14.2. The molecule has 0 atom stereocenters. The summed E-state index contributed by atoms with van der Waals surface area (Å²) in [5, 5.41) is 13.8. The molecule has 0 radical (unpaired) electrons. The van der Waals surface area contributed by atoms with Gasteiger partial charge in [0, 0.05) is 50.4 Å². The van der Waals surface area contributed by atoms with Gasteiger partial charge in [0.2, 0.25) is 0 Å². The molecule has 10 nitrogen and oxygen atoms in total. The quantitative estimate of drug-likeness (QED) is 0.252. The number of amidine groups is 1. The molecule has 0 saturated carbocycles. The van der Waals surface area contributed by atoms with E-state index in [2.05, 4.69) is 11.4 Å². The molecule has 50 heavy (non-hydrogen) atoms. The maximum absolute atomic E-state index is 14.2. The van der Waals surface area contributed by atoms with Gasteiger partial charge in [0.05, 0.1) is 53.5 Å². The van der Waals surface area contributed by atoms with Gasteiger partial charge in [-0.25, -0.2) is 4.99 Å².